The van der Waals surface area contributed by atoms with Crippen LogP contribution in [-0.2, 0) is 13.1 Å². The summed E-state index contributed by atoms with van der Waals surface area (Å²) in [5, 5.41) is 33.3. The topological polar surface area (TPSA) is 96.3 Å². The van der Waals surface area contributed by atoms with Gasteiger partial charge in [-0.1, -0.05) is 65.3 Å². The summed E-state index contributed by atoms with van der Waals surface area (Å²) in [6, 6.07) is 0. The van der Waals surface area contributed by atoms with Crippen LogP contribution in [0.4, 0.5) is 0 Å². The second-order valence-corrected chi connectivity index (χ2v) is 20.5. The molecule has 3 N–H and O–H groups in total. The first-order valence-electron chi connectivity index (χ1n) is 22.0. The van der Waals surface area contributed by atoms with Crippen molar-refractivity contribution < 1.29 is 15.3 Å². The molecular weight excluding hydrogens is 669 g/mol. The second-order valence-electron chi connectivity index (χ2n) is 20.5. The van der Waals surface area contributed by atoms with Crippen LogP contribution in [0.3, 0.4) is 0 Å². The minimum Gasteiger partial charge on any atom is -0.393 e. The highest BCUT2D eigenvalue weighted by atomic mass is 16.3. The van der Waals surface area contributed by atoms with E-state index in [0.717, 1.165) is 83.2 Å². The van der Waals surface area contributed by atoms with Crippen LogP contribution in [0.5, 0.6) is 0 Å². The van der Waals surface area contributed by atoms with Crippen LogP contribution in [-0.4, -0.2) is 52.7 Å². The molecule has 0 bridgehead atoms. The summed E-state index contributed by atoms with van der Waals surface area (Å²) in [7, 11) is 0. The van der Waals surface area contributed by atoms with E-state index < -0.39 is 0 Å². The van der Waals surface area contributed by atoms with Crippen molar-refractivity contribution in [3.63, 3.8) is 0 Å². The monoisotopic (exact) mass is 743 g/mol. The largest absolute Gasteiger partial charge is 0.393 e. The highest BCUT2D eigenvalue weighted by Crippen LogP contribution is 2.63. The van der Waals surface area contributed by atoms with Gasteiger partial charge in [-0.2, -0.15) is 0 Å². The van der Waals surface area contributed by atoms with Gasteiger partial charge in [-0.05, 0) is 159 Å². The predicted molar refractivity (Wildman–Crippen MR) is 217 cm³/mol. The van der Waals surface area contributed by atoms with Crippen molar-refractivity contribution in [3.8, 4) is 0 Å². The van der Waals surface area contributed by atoms with Crippen molar-refractivity contribution >= 4 is 0 Å². The lowest BCUT2D eigenvalue weighted by Crippen LogP contribution is -2.52. The van der Waals surface area contributed by atoms with Crippen molar-refractivity contribution in [2.45, 2.75) is 169 Å². The molecule has 2 aromatic rings. The van der Waals surface area contributed by atoms with E-state index in [1.165, 1.54) is 49.7 Å². The number of aromatic nitrogens is 4. The van der Waals surface area contributed by atoms with E-state index in [0.29, 0.717) is 35.5 Å². The summed E-state index contributed by atoms with van der Waals surface area (Å²) >= 11 is 0. The van der Waals surface area contributed by atoms with Crippen LogP contribution in [0.25, 0.3) is 0 Å². The third-order valence-corrected chi connectivity index (χ3v) is 17.9. The SMILES string of the molecule is C=C1CC[C@H]2[C@H](O)[C@@H]([C@@]3(C)CC[C@H](C)C[C@@H]3CCn3ccnc3)CC[C@]12C.C=C1CC[C@H]2[C@H](O)[C@@H]([C@@]3(C)CC[C@H](O)C[C@@H]3CCn3ccnc3)CC[C@]12C. The van der Waals surface area contributed by atoms with Gasteiger partial charge in [0.05, 0.1) is 31.0 Å². The molecule has 2 heterocycles. The number of imidazole rings is 2. The molecule has 2 aromatic heterocycles. The molecule has 0 aliphatic heterocycles. The van der Waals surface area contributed by atoms with Gasteiger partial charge in [0.25, 0.3) is 0 Å². The van der Waals surface area contributed by atoms with Crippen molar-refractivity contribution in [3.05, 3.63) is 61.7 Å². The Labute approximate surface area is 327 Å². The molecule has 0 unspecified atom stereocenters. The number of aryl methyl sites for hydroxylation is 2. The lowest BCUT2D eigenvalue weighted by molar-refractivity contribution is -0.120. The van der Waals surface area contributed by atoms with E-state index in [4.69, 9.17) is 0 Å². The Morgan fingerprint density at radius 1 is 0.630 bits per heavy atom. The van der Waals surface area contributed by atoms with Gasteiger partial charge in [-0.3, -0.25) is 0 Å². The van der Waals surface area contributed by atoms with E-state index in [1.807, 2.05) is 31.2 Å². The van der Waals surface area contributed by atoms with Crippen LogP contribution in [0.2, 0.25) is 0 Å². The summed E-state index contributed by atoms with van der Waals surface area (Å²) in [4.78, 5) is 8.36. The molecule has 6 aliphatic carbocycles. The van der Waals surface area contributed by atoms with Crippen LogP contribution in [0, 0.1) is 63.1 Å². The third-order valence-electron chi connectivity index (χ3n) is 17.9. The number of fused-ring (bicyclic) bond motifs is 2. The van der Waals surface area contributed by atoms with E-state index in [9.17, 15) is 15.3 Å². The van der Waals surface area contributed by atoms with Gasteiger partial charge < -0.3 is 24.5 Å². The zero-order chi connectivity index (χ0) is 38.5. The van der Waals surface area contributed by atoms with Gasteiger partial charge in [0.1, 0.15) is 0 Å². The molecule has 54 heavy (non-hydrogen) atoms. The van der Waals surface area contributed by atoms with Gasteiger partial charge >= 0.3 is 0 Å². The molecule has 0 radical (unpaired) electrons. The number of hydrogen-bond acceptors (Lipinski definition) is 5. The molecule has 0 saturated heterocycles. The zero-order valence-electron chi connectivity index (χ0n) is 34.5. The lowest BCUT2D eigenvalue weighted by Gasteiger charge is -2.55. The average molecular weight is 743 g/mol. The molecule has 6 aliphatic rings. The molecule has 14 atom stereocenters. The van der Waals surface area contributed by atoms with Crippen molar-refractivity contribution in [2.24, 2.45) is 63.1 Å². The first-order valence-corrected chi connectivity index (χ1v) is 22.0. The molecule has 7 nitrogen and oxygen atoms in total. The summed E-state index contributed by atoms with van der Waals surface area (Å²) in [5.74, 6) is 3.51. The maximum atomic E-state index is 11.5. The van der Waals surface area contributed by atoms with E-state index >= 15 is 0 Å². The molecule has 0 aromatic carbocycles. The van der Waals surface area contributed by atoms with Gasteiger partial charge in [0.2, 0.25) is 0 Å². The Balaban J connectivity index is 0.000000167. The number of rotatable bonds is 8. The van der Waals surface area contributed by atoms with E-state index in [1.54, 1.807) is 0 Å². The fraction of sp³-hybridized carbons (Fsp3) is 0.787. The quantitative estimate of drug-likeness (QED) is 0.234. The number of nitrogens with zero attached hydrogens (tertiary/aromatic N) is 4. The van der Waals surface area contributed by atoms with Crippen LogP contribution in [0.15, 0.2) is 61.7 Å². The minimum absolute atomic E-state index is 0.102. The lowest BCUT2D eigenvalue weighted by atomic mass is 9.51. The summed E-state index contributed by atoms with van der Waals surface area (Å²) < 4.78 is 4.35. The standard InChI is InChI=1S/C24H38N2O.C23H36N2O2/c1-17-7-10-24(4,19(15-17)9-13-26-14-12-25-16-26)21-8-11-23(3)18(2)5-6-20(23)22(21)27;1-16-4-5-19-21(27)20(7-10-22(16,19)2)23(3)9-6-18(26)14-17(23)8-12-25-13-11-24-15-25/h12,14,16-17,19-22,27H,2,5-11,13,15H2,1,3-4H3;11,13,15,17-21,26-27H,1,4-10,12,14H2,2-3H3/t17-,19-,20-,21-,22-,23+,24-;17-,18-,19-,20-,21-,22+,23-/m00/s1. The molecular formula is C47H74N4O3. The van der Waals surface area contributed by atoms with E-state index in [-0.39, 0.29) is 40.0 Å². The average Bonchev–Trinajstić information content (AvgIpc) is 3.96. The molecule has 6 saturated carbocycles. The maximum absolute atomic E-state index is 11.5. The van der Waals surface area contributed by atoms with Crippen molar-refractivity contribution in [2.75, 3.05) is 0 Å². The number of hydrogen-bond donors (Lipinski definition) is 3. The Hall–Kier alpha value is -2.22. The van der Waals surface area contributed by atoms with E-state index in [2.05, 4.69) is 73.1 Å². The van der Waals surface area contributed by atoms with Crippen molar-refractivity contribution in [1.82, 2.24) is 19.1 Å². The first kappa shape index (κ1) is 40.0. The normalized spacial score (nSPS) is 45.0. The zero-order valence-corrected chi connectivity index (χ0v) is 34.5. The third kappa shape index (κ3) is 7.25. The molecule has 0 spiro atoms. The minimum atomic E-state index is -0.237. The molecule has 7 heteroatoms. The van der Waals surface area contributed by atoms with Crippen LogP contribution < -0.4 is 0 Å². The van der Waals surface area contributed by atoms with Gasteiger partial charge in [0, 0.05) is 37.9 Å². The molecule has 0 amide bonds. The Morgan fingerprint density at radius 2 is 1.09 bits per heavy atom. The second kappa shape index (κ2) is 15.6. The fourth-order valence-electron chi connectivity index (χ4n) is 13.8. The smallest absolute Gasteiger partial charge is 0.0945 e. The predicted octanol–water partition coefficient (Wildman–Crippen LogP) is 9.64. The van der Waals surface area contributed by atoms with Gasteiger partial charge in [-0.15, -0.1) is 0 Å². The highest BCUT2D eigenvalue weighted by Gasteiger charge is 2.58. The summed E-state index contributed by atoms with van der Waals surface area (Å²) in [6.07, 6.45) is 29.0. The molecule has 6 fully saturated rings. The van der Waals surface area contributed by atoms with Crippen LogP contribution in [0.1, 0.15) is 137 Å². The van der Waals surface area contributed by atoms with Gasteiger partial charge in [0.15, 0.2) is 0 Å². The number of aliphatic hydroxyl groups excluding tert-OH is 3. The fourth-order valence-corrected chi connectivity index (χ4v) is 13.8. The van der Waals surface area contributed by atoms with Crippen LogP contribution >= 0.6 is 0 Å². The van der Waals surface area contributed by atoms with Gasteiger partial charge in [-0.25, -0.2) is 9.97 Å². The Morgan fingerprint density at radius 3 is 1.56 bits per heavy atom. The Bertz CT molecular complexity index is 1460. The first-order chi connectivity index (χ1) is 25.7. The highest BCUT2D eigenvalue weighted by molar-refractivity contribution is 5.22. The number of allylic oxidation sites excluding steroid dienone is 2. The molecule has 8 rings (SSSR count). The van der Waals surface area contributed by atoms with Crippen molar-refractivity contribution in [1.29, 1.82) is 0 Å². The maximum Gasteiger partial charge on any atom is 0.0945 e. The summed E-state index contributed by atoms with van der Waals surface area (Å²) in [5.41, 5.74) is 3.42. The summed E-state index contributed by atoms with van der Waals surface area (Å²) in [6.45, 7) is 22.7. The molecule has 300 valence electrons. The number of aliphatic hydroxyl groups is 3. The Kier molecular flexibility index (Phi) is 11.6.